The Morgan fingerprint density at radius 1 is 1.04 bits per heavy atom. The van der Waals surface area contributed by atoms with Crippen LogP contribution in [0.15, 0.2) is 42.5 Å². The lowest BCUT2D eigenvalue weighted by atomic mass is 10.2. The third-order valence-electron chi connectivity index (χ3n) is 3.08. The van der Waals surface area contributed by atoms with Gasteiger partial charge in [-0.05, 0) is 24.3 Å². The van der Waals surface area contributed by atoms with E-state index < -0.39 is 11.0 Å². The van der Waals surface area contributed by atoms with E-state index in [0.717, 1.165) is 0 Å². The van der Waals surface area contributed by atoms with Crippen LogP contribution in [-0.4, -0.2) is 24.0 Å². The number of carbonyl (C=O) groups is 2. The maximum absolute atomic E-state index is 12.1. The molecule has 130 valence electrons. The van der Waals surface area contributed by atoms with Crippen LogP contribution >= 0.6 is 0 Å². The highest BCUT2D eigenvalue weighted by molar-refractivity contribution is 6.01. The van der Waals surface area contributed by atoms with Crippen molar-refractivity contribution in [3.8, 4) is 5.75 Å². The zero-order chi connectivity index (χ0) is 18.4. The van der Waals surface area contributed by atoms with Crippen molar-refractivity contribution in [2.75, 3.05) is 23.1 Å². The Labute approximate surface area is 143 Å². The van der Waals surface area contributed by atoms with Gasteiger partial charge in [-0.25, -0.2) is 4.79 Å². The van der Waals surface area contributed by atoms with Crippen molar-refractivity contribution < 1.29 is 19.2 Å². The van der Waals surface area contributed by atoms with Crippen molar-refractivity contribution in [3.63, 3.8) is 0 Å². The summed E-state index contributed by atoms with van der Waals surface area (Å²) in [5.74, 6) is 0.0516. The number of nitro benzene ring substituents is 1. The first-order chi connectivity index (χ1) is 11.9. The van der Waals surface area contributed by atoms with Gasteiger partial charge in [0, 0.05) is 30.4 Å². The zero-order valence-electron chi connectivity index (χ0n) is 13.5. The third kappa shape index (κ3) is 4.93. The van der Waals surface area contributed by atoms with Gasteiger partial charge in [0.15, 0.2) is 0 Å². The van der Waals surface area contributed by atoms with Gasteiger partial charge in [0.25, 0.3) is 5.69 Å². The maximum Gasteiger partial charge on any atom is 0.323 e. The normalized spacial score (nSPS) is 9.84. The topological polar surface area (TPSA) is 123 Å². The zero-order valence-corrected chi connectivity index (χ0v) is 13.5. The van der Waals surface area contributed by atoms with Gasteiger partial charge in [-0.15, -0.1) is 0 Å². The van der Waals surface area contributed by atoms with Gasteiger partial charge < -0.3 is 20.7 Å². The van der Waals surface area contributed by atoms with E-state index in [9.17, 15) is 19.7 Å². The summed E-state index contributed by atoms with van der Waals surface area (Å²) < 4.78 is 5.08. The van der Waals surface area contributed by atoms with Crippen LogP contribution in [0, 0.1) is 10.1 Å². The van der Waals surface area contributed by atoms with E-state index in [2.05, 4.69) is 16.0 Å². The summed E-state index contributed by atoms with van der Waals surface area (Å²) in [5.41, 5.74) is 0.947. The molecule has 9 nitrogen and oxygen atoms in total. The van der Waals surface area contributed by atoms with Crippen molar-refractivity contribution in [2.45, 2.75) is 6.92 Å². The number of nitro groups is 1. The minimum atomic E-state index is -0.612. The van der Waals surface area contributed by atoms with Crippen molar-refractivity contribution in [2.24, 2.45) is 0 Å². The Kier molecular flexibility index (Phi) is 5.51. The van der Waals surface area contributed by atoms with E-state index in [0.29, 0.717) is 11.4 Å². The average molecular weight is 344 g/mol. The van der Waals surface area contributed by atoms with E-state index >= 15 is 0 Å². The molecule has 0 bridgehead atoms. The predicted molar refractivity (Wildman–Crippen MR) is 93.0 cm³/mol. The molecule has 0 heterocycles. The number of benzene rings is 2. The van der Waals surface area contributed by atoms with Crippen LogP contribution in [0.3, 0.4) is 0 Å². The van der Waals surface area contributed by atoms with Gasteiger partial charge in [-0.1, -0.05) is 6.07 Å². The Balaban J connectivity index is 2.13. The van der Waals surface area contributed by atoms with Crippen LogP contribution in [0.25, 0.3) is 0 Å². The van der Waals surface area contributed by atoms with Crippen LogP contribution in [0.1, 0.15) is 6.92 Å². The number of rotatable bonds is 5. The molecule has 0 saturated carbocycles. The molecule has 0 aromatic heterocycles. The number of amides is 3. The predicted octanol–water partition coefficient (Wildman–Crippen LogP) is 3.21. The first kappa shape index (κ1) is 17.7. The van der Waals surface area contributed by atoms with Gasteiger partial charge >= 0.3 is 6.03 Å². The highest BCUT2D eigenvalue weighted by Crippen LogP contribution is 2.29. The van der Waals surface area contributed by atoms with E-state index in [1.165, 1.54) is 32.2 Å². The van der Waals surface area contributed by atoms with Gasteiger partial charge in [-0.3, -0.25) is 14.9 Å². The van der Waals surface area contributed by atoms with Crippen LogP contribution in [0.5, 0.6) is 5.75 Å². The van der Waals surface area contributed by atoms with Crippen molar-refractivity contribution in [1.29, 1.82) is 0 Å². The number of carbonyl (C=O) groups excluding carboxylic acids is 2. The smallest absolute Gasteiger partial charge is 0.323 e. The molecule has 9 heteroatoms. The standard InChI is InChI=1S/C16H16N4O5/c1-10(21)17-11-4-3-5-12(8-11)18-16(22)19-14-9-13(20(23)24)6-7-15(14)25-2/h3-9H,1-2H3,(H,17,21)(H2,18,19,22). The fourth-order valence-corrected chi connectivity index (χ4v) is 2.07. The molecule has 3 N–H and O–H groups in total. The fourth-order valence-electron chi connectivity index (χ4n) is 2.07. The maximum atomic E-state index is 12.1. The van der Waals surface area contributed by atoms with Crippen LogP contribution < -0.4 is 20.7 Å². The van der Waals surface area contributed by atoms with Crippen molar-refractivity contribution >= 4 is 34.7 Å². The molecule has 0 radical (unpaired) electrons. The lowest BCUT2D eigenvalue weighted by Crippen LogP contribution is -2.20. The summed E-state index contributed by atoms with van der Waals surface area (Å²) in [5, 5.41) is 18.5. The highest BCUT2D eigenvalue weighted by Gasteiger charge is 2.14. The first-order valence-electron chi connectivity index (χ1n) is 7.17. The van der Waals surface area contributed by atoms with Gasteiger partial charge in [0.2, 0.25) is 5.91 Å². The molecular weight excluding hydrogens is 328 g/mol. The summed E-state index contributed by atoms with van der Waals surface area (Å²) in [6, 6.07) is 9.80. The molecule has 0 aliphatic carbocycles. The largest absolute Gasteiger partial charge is 0.495 e. The molecule has 0 fully saturated rings. The molecule has 0 atom stereocenters. The number of anilines is 3. The van der Waals surface area contributed by atoms with Gasteiger partial charge in [0.1, 0.15) is 5.75 Å². The van der Waals surface area contributed by atoms with Crippen molar-refractivity contribution in [3.05, 3.63) is 52.6 Å². The second kappa shape index (κ2) is 7.77. The number of non-ortho nitro benzene ring substituents is 1. The summed E-state index contributed by atoms with van der Waals surface area (Å²) in [6.45, 7) is 1.38. The molecule has 2 rings (SSSR count). The molecule has 3 amide bonds. The molecule has 0 saturated heterocycles. The molecule has 0 aliphatic rings. The minimum absolute atomic E-state index is 0.159. The fraction of sp³-hybridized carbons (Fsp3) is 0.125. The second-order valence-corrected chi connectivity index (χ2v) is 4.98. The lowest BCUT2D eigenvalue weighted by Gasteiger charge is -2.12. The van der Waals surface area contributed by atoms with Crippen LogP contribution in [0.2, 0.25) is 0 Å². The summed E-state index contributed by atoms with van der Waals surface area (Å²) in [7, 11) is 1.39. The van der Waals surface area contributed by atoms with Crippen LogP contribution in [0.4, 0.5) is 27.5 Å². The first-order valence-corrected chi connectivity index (χ1v) is 7.17. The Morgan fingerprint density at radius 2 is 1.72 bits per heavy atom. The van der Waals surface area contributed by atoms with E-state index in [1.54, 1.807) is 24.3 Å². The molecule has 2 aromatic rings. The van der Waals surface area contributed by atoms with Crippen LogP contribution in [-0.2, 0) is 4.79 Å². The van der Waals surface area contributed by atoms with Gasteiger partial charge in [-0.2, -0.15) is 0 Å². The minimum Gasteiger partial charge on any atom is -0.495 e. The van der Waals surface area contributed by atoms with Crippen molar-refractivity contribution in [1.82, 2.24) is 0 Å². The van der Waals surface area contributed by atoms with E-state index in [4.69, 9.17) is 4.74 Å². The third-order valence-corrected chi connectivity index (χ3v) is 3.08. The Hall–Kier alpha value is -3.62. The quantitative estimate of drug-likeness (QED) is 0.568. The molecule has 0 unspecified atom stereocenters. The number of nitrogens with zero attached hydrogens (tertiary/aromatic N) is 1. The Bertz CT molecular complexity index is 822. The molecule has 0 spiro atoms. The molecular formula is C16H16N4O5. The molecule has 2 aromatic carbocycles. The number of nitrogens with one attached hydrogen (secondary N) is 3. The lowest BCUT2D eigenvalue weighted by molar-refractivity contribution is -0.384. The molecule has 25 heavy (non-hydrogen) atoms. The molecule has 0 aliphatic heterocycles. The summed E-state index contributed by atoms with van der Waals surface area (Å²) in [4.78, 5) is 33.5. The van der Waals surface area contributed by atoms with Gasteiger partial charge in [0.05, 0.1) is 17.7 Å². The average Bonchev–Trinajstić information content (AvgIpc) is 2.54. The van der Waals surface area contributed by atoms with E-state index in [-0.39, 0.29) is 23.0 Å². The summed E-state index contributed by atoms with van der Waals surface area (Å²) >= 11 is 0. The number of urea groups is 1. The second-order valence-electron chi connectivity index (χ2n) is 4.98. The SMILES string of the molecule is COc1ccc([N+](=O)[O-])cc1NC(=O)Nc1cccc(NC(C)=O)c1. The highest BCUT2D eigenvalue weighted by atomic mass is 16.6. The number of hydrogen-bond acceptors (Lipinski definition) is 5. The Morgan fingerprint density at radius 3 is 2.32 bits per heavy atom. The monoisotopic (exact) mass is 344 g/mol. The summed E-state index contributed by atoms with van der Waals surface area (Å²) in [6.07, 6.45) is 0. The number of hydrogen-bond donors (Lipinski definition) is 3. The van der Waals surface area contributed by atoms with E-state index in [1.807, 2.05) is 0 Å². The number of ether oxygens (including phenoxy) is 1. The number of methoxy groups -OCH3 is 1.